The number of sulfonamides is 1. The van der Waals surface area contributed by atoms with E-state index in [2.05, 4.69) is 28.8 Å². The Kier molecular flexibility index (Phi) is 12.5. The van der Waals surface area contributed by atoms with Gasteiger partial charge < -0.3 is 25.5 Å². The Morgan fingerprint density at radius 1 is 1.16 bits per heavy atom. The van der Waals surface area contributed by atoms with Crippen LogP contribution in [0.15, 0.2) is 27.9 Å². The van der Waals surface area contributed by atoms with Crippen LogP contribution in [-0.4, -0.2) is 94.8 Å². The van der Waals surface area contributed by atoms with Crippen LogP contribution in [0.3, 0.4) is 0 Å². The van der Waals surface area contributed by atoms with Crippen molar-refractivity contribution in [3.05, 3.63) is 34.2 Å². The minimum Gasteiger partial charge on any atom is -0.493 e. The number of nitrogens with zero attached hydrogens (tertiary/aromatic N) is 5. The molecule has 0 bridgehead atoms. The van der Waals surface area contributed by atoms with Crippen molar-refractivity contribution in [2.75, 3.05) is 46.4 Å². The summed E-state index contributed by atoms with van der Waals surface area (Å²) in [4.78, 5) is 33.0. The van der Waals surface area contributed by atoms with Crippen molar-refractivity contribution in [2.45, 2.75) is 58.3 Å². The highest BCUT2D eigenvalue weighted by molar-refractivity contribution is 7.89. The van der Waals surface area contributed by atoms with E-state index >= 15 is 0 Å². The first-order chi connectivity index (χ1) is 20.8. The van der Waals surface area contributed by atoms with E-state index in [0.29, 0.717) is 74.0 Å². The Morgan fingerprint density at radius 2 is 1.84 bits per heavy atom. The van der Waals surface area contributed by atoms with Crippen molar-refractivity contribution >= 4 is 27.0 Å². The molecule has 0 saturated carbocycles. The van der Waals surface area contributed by atoms with Crippen LogP contribution in [0.25, 0.3) is 22.4 Å². The van der Waals surface area contributed by atoms with Gasteiger partial charge in [-0.1, -0.05) is 27.2 Å². The summed E-state index contributed by atoms with van der Waals surface area (Å²) < 4.78 is 35.4. The predicted octanol–water partition coefficient (Wildman–Crippen LogP) is 2.69. The van der Waals surface area contributed by atoms with Gasteiger partial charge in [0.15, 0.2) is 5.52 Å². The minimum atomic E-state index is -3.70. The van der Waals surface area contributed by atoms with Gasteiger partial charge in [0, 0.05) is 39.6 Å². The summed E-state index contributed by atoms with van der Waals surface area (Å²) in [5.41, 5.74) is 7.15. The van der Waals surface area contributed by atoms with Gasteiger partial charge in [-0.25, -0.2) is 13.4 Å². The molecule has 3 heterocycles. The molecule has 1 saturated heterocycles. The molecule has 3 aromatic rings. The maximum atomic E-state index is 13.3. The van der Waals surface area contributed by atoms with Crippen LogP contribution in [0, 0.1) is 11.8 Å². The zero-order chi connectivity index (χ0) is 32.6. The van der Waals surface area contributed by atoms with Gasteiger partial charge in [0.1, 0.15) is 17.1 Å². The number of aromatic nitrogens is 4. The molecule has 13 nitrogen and oxygen atoms in total. The number of nitrogens with one attached hydrogen (secondary N) is 1. The molecule has 1 aliphatic rings. The second-order valence-corrected chi connectivity index (χ2v) is 13.5. The van der Waals surface area contributed by atoms with E-state index in [9.17, 15) is 18.0 Å². The number of ether oxygens (including phenoxy) is 1. The largest absolute Gasteiger partial charge is 0.493 e. The van der Waals surface area contributed by atoms with Gasteiger partial charge in [0.25, 0.3) is 5.56 Å². The molecular weight excluding hydrogens is 586 g/mol. The van der Waals surface area contributed by atoms with E-state index in [4.69, 9.17) is 20.6 Å². The van der Waals surface area contributed by atoms with Crippen LogP contribution in [0.4, 0.5) is 0 Å². The summed E-state index contributed by atoms with van der Waals surface area (Å²) in [6.07, 6.45) is 2.65. The third-order valence-corrected chi connectivity index (χ3v) is 9.35. The minimum absolute atomic E-state index is 0.146. The van der Waals surface area contributed by atoms with Crippen molar-refractivity contribution in [1.29, 1.82) is 0 Å². The highest BCUT2D eigenvalue weighted by atomic mass is 32.2. The monoisotopic (exact) mass is 633 g/mol. The Labute approximate surface area is 259 Å². The quantitative estimate of drug-likeness (QED) is 0.269. The molecule has 244 valence electrons. The highest BCUT2D eigenvalue weighted by Crippen LogP contribution is 2.32. The average Bonchev–Trinajstić information content (AvgIpc) is 3.28. The van der Waals surface area contributed by atoms with E-state index in [-0.39, 0.29) is 28.6 Å². The van der Waals surface area contributed by atoms with E-state index in [1.165, 1.54) is 8.99 Å². The van der Waals surface area contributed by atoms with Crippen molar-refractivity contribution in [3.63, 3.8) is 0 Å². The predicted molar refractivity (Wildman–Crippen MR) is 170 cm³/mol. The molecular formula is C30H47N7O6S. The lowest BCUT2D eigenvalue weighted by Gasteiger charge is -2.31. The van der Waals surface area contributed by atoms with Crippen LogP contribution in [0.5, 0.6) is 5.75 Å². The molecule has 0 amide bonds. The lowest BCUT2D eigenvalue weighted by Crippen LogP contribution is -2.47. The number of carbonyl (C=O) groups is 1. The van der Waals surface area contributed by atoms with Crippen LogP contribution in [-0.2, 0) is 28.3 Å². The molecule has 4 rings (SSSR count). The number of piperazine rings is 1. The fourth-order valence-electron chi connectivity index (χ4n) is 5.27. The summed E-state index contributed by atoms with van der Waals surface area (Å²) >= 11 is 0. The van der Waals surface area contributed by atoms with Crippen molar-refractivity contribution < 1.29 is 23.1 Å². The van der Waals surface area contributed by atoms with Gasteiger partial charge in [-0.05, 0) is 63.4 Å². The lowest BCUT2D eigenvalue weighted by molar-refractivity contribution is -0.138. The molecule has 1 fully saturated rings. The number of rotatable bonds is 12. The number of nitrogens with two attached hydrogens (primary N) is 1. The Hall–Kier alpha value is -3.33. The summed E-state index contributed by atoms with van der Waals surface area (Å²) in [6.45, 7) is 11.1. The molecule has 0 aliphatic carbocycles. The molecule has 0 spiro atoms. The smallest absolute Gasteiger partial charge is 0.303 e. The number of carboxylic acids is 1. The van der Waals surface area contributed by atoms with Crippen LogP contribution in [0.1, 0.15) is 52.7 Å². The summed E-state index contributed by atoms with van der Waals surface area (Å²) in [5, 5.41) is 12.9. The molecule has 1 aliphatic heterocycles. The third-order valence-electron chi connectivity index (χ3n) is 7.46. The molecule has 0 radical (unpaired) electrons. The van der Waals surface area contributed by atoms with Crippen molar-refractivity contribution in [2.24, 2.45) is 24.6 Å². The maximum Gasteiger partial charge on any atom is 0.303 e. The molecule has 44 heavy (non-hydrogen) atoms. The number of carboxylic acid groups (broad SMARTS) is 1. The Morgan fingerprint density at radius 3 is 2.41 bits per heavy atom. The number of aryl methyl sites for hydroxylation is 2. The topological polar surface area (TPSA) is 177 Å². The average molecular weight is 634 g/mol. The molecule has 0 unspecified atom stereocenters. The fourth-order valence-corrected chi connectivity index (χ4v) is 6.72. The Balaban J connectivity index is 0.000000411. The number of hydrogen-bond donors (Lipinski definition) is 3. The lowest BCUT2D eigenvalue weighted by atomic mass is 9.94. The van der Waals surface area contributed by atoms with E-state index in [1.807, 2.05) is 20.9 Å². The number of aliphatic carboxylic acids is 1. The number of aromatic amines is 1. The van der Waals surface area contributed by atoms with Crippen LogP contribution in [0.2, 0.25) is 0 Å². The summed E-state index contributed by atoms with van der Waals surface area (Å²) in [5.74, 6) is 0.645. The second-order valence-electron chi connectivity index (χ2n) is 11.6. The second kappa shape index (κ2) is 15.6. The maximum absolute atomic E-state index is 13.3. The molecule has 2 aromatic heterocycles. The summed E-state index contributed by atoms with van der Waals surface area (Å²) in [7, 11) is -0.00831. The zero-order valence-electron chi connectivity index (χ0n) is 26.7. The van der Waals surface area contributed by atoms with Crippen LogP contribution >= 0.6 is 0 Å². The molecule has 1 aromatic carbocycles. The number of H-pyrrole nitrogens is 1. The first-order valence-corrected chi connectivity index (χ1v) is 16.6. The first kappa shape index (κ1) is 35.2. The number of benzene rings is 1. The molecule has 1 atom stereocenters. The van der Waals surface area contributed by atoms with E-state index in [1.54, 1.807) is 25.2 Å². The fraction of sp³-hybridized carbons (Fsp3) is 0.600. The van der Waals surface area contributed by atoms with Crippen LogP contribution < -0.4 is 16.0 Å². The molecule has 4 N–H and O–H groups in total. The van der Waals surface area contributed by atoms with E-state index < -0.39 is 16.0 Å². The zero-order valence-corrected chi connectivity index (χ0v) is 27.5. The Bertz CT molecular complexity index is 1580. The summed E-state index contributed by atoms with van der Waals surface area (Å²) in [6, 6.07) is 4.71. The van der Waals surface area contributed by atoms with Gasteiger partial charge in [-0.2, -0.15) is 9.40 Å². The highest BCUT2D eigenvalue weighted by Gasteiger charge is 2.29. The van der Waals surface area contributed by atoms with Gasteiger partial charge >= 0.3 is 5.97 Å². The van der Waals surface area contributed by atoms with Gasteiger partial charge in [-0.3, -0.25) is 14.3 Å². The SMILES string of the molecule is CC(C)C[C@H](CN)CC(=O)O.CCCc1nn(C)c2c(=O)[nH]c(-c3cc(S(=O)(=O)N4CCN(C)CC4)ccc3OCC)nc12. The normalized spacial score (nSPS) is 15.3. The molecule has 14 heteroatoms. The number of likely N-dealkylation sites (N-methyl/N-ethyl adjacent to an activating group) is 1. The first-order valence-electron chi connectivity index (χ1n) is 15.2. The van der Waals surface area contributed by atoms with Gasteiger partial charge in [0.05, 0.1) is 22.8 Å². The number of fused-ring (bicyclic) bond motifs is 1. The van der Waals surface area contributed by atoms with Crippen molar-refractivity contribution in [3.8, 4) is 17.1 Å². The third kappa shape index (κ3) is 8.65. The van der Waals surface area contributed by atoms with Crippen molar-refractivity contribution in [1.82, 2.24) is 29.0 Å². The van der Waals surface area contributed by atoms with Gasteiger partial charge in [0.2, 0.25) is 10.0 Å². The van der Waals surface area contributed by atoms with E-state index in [0.717, 1.165) is 18.5 Å². The van der Waals surface area contributed by atoms with Gasteiger partial charge in [-0.15, -0.1) is 0 Å². The standard InChI is InChI=1S/C22H30N6O4S.C8H17NO2/c1-5-7-17-19-20(27(4)25-17)22(29)24-21(23-19)16-14-15(8-9-18(16)32-6-2)33(30,31)28-12-10-26(3)11-13-28;1-6(2)3-7(5-9)4-8(10)11/h8-9,14H,5-7,10-13H2,1-4H3,(H,23,24,29);6-7H,3-5,9H2,1-2H3,(H,10,11)/t;7-/m.0/s1. The number of hydrogen-bond acceptors (Lipinski definition) is 9.